The number of rotatable bonds is 2. The Hall–Kier alpha value is -1.67. The maximum Gasteiger partial charge on any atom is 0.268 e. The molecule has 2 saturated carbocycles. The topological polar surface area (TPSA) is 82.9 Å². The van der Waals surface area contributed by atoms with Crippen LogP contribution in [-0.4, -0.2) is 20.8 Å². The number of allylic oxidation sites excluding steroid dienone is 2. The van der Waals surface area contributed by atoms with Gasteiger partial charge >= 0.3 is 0 Å². The molecule has 0 spiro atoms. The minimum absolute atomic E-state index is 0.348. The van der Waals surface area contributed by atoms with E-state index < -0.39 is 5.60 Å². The third-order valence-electron chi connectivity index (χ3n) is 3.99. The summed E-state index contributed by atoms with van der Waals surface area (Å²) in [6.07, 6.45) is 5.02. The van der Waals surface area contributed by atoms with Crippen molar-refractivity contribution in [2.75, 3.05) is 0 Å². The summed E-state index contributed by atoms with van der Waals surface area (Å²) in [5.74, 6) is 1.50. The summed E-state index contributed by atoms with van der Waals surface area (Å²) in [6, 6.07) is 2.19. The summed E-state index contributed by atoms with van der Waals surface area (Å²) in [7, 11) is 0. The van der Waals surface area contributed by atoms with Crippen molar-refractivity contribution in [3.8, 4) is 6.07 Å². The highest BCUT2D eigenvalue weighted by atomic mass is 16.5. The monoisotopic (exact) mass is 259 g/mol. The van der Waals surface area contributed by atoms with Gasteiger partial charge in [0.2, 0.25) is 0 Å². The molecular weight excluding hydrogens is 242 g/mol. The lowest BCUT2D eigenvalue weighted by Crippen LogP contribution is -2.27. The Morgan fingerprint density at radius 1 is 1.42 bits per heavy atom. The van der Waals surface area contributed by atoms with Crippen LogP contribution >= 0.6 is 0 Å². The first kappa shape index (κ1) is 12.4. The molecule has 2 aliphatic carbocycles. The molecular formula is C14H17N3O2. The molecule has 1 aromatic rings. The molecule has 5 nitrogen and oxygen atoms in total. The van der Waals surface area contributed by atoms with Crippen LogP contribution in [0.4, 0.5) is 0 Å². The lowest BCUT2D eigenvalue weighted by atomic mass is 9.82. The normalized spacial score (nSPS) is 27.1. The molecule has 0 saturated heterocycles. The Morgan fingerprint density at radius 3 is 2.68 bits per heavy atom. The molecule has 100 valence electrons. The fraction of sp³-hybridized carbons (Fsp3) is 0.643. The molecule has 0 atom stereocenters. The first-order valence-corrected chi connectivity index (χ1v) is 6.77. The zero-order chi connectivity index (χ0) is 13.5. The van der Waals surface area contributed by atoms with Crippen molar-refractivity contribution in [2.45, 2.75) is 57.0 Å². The lowest BCUT2D eigenvalue weighted by molar-refractivity contribution is 0.0329. The first-order valence-electron chi connectivity index (χ1n) is 6.77. The van der Waals surface area contributed by atoms with Crippen LogP contribution in [0.1, 0.15) is 63.1 Å². The van der Waals surface area contributed by atoms with E-state index in [4.69, 9.17) is 4.52 Å². The van der Waals surface area contributed by atoms with Crippen LogP contribution < -0.4 is 0 Å². The van der Waals surface area contributed by atoms with Gasteiger partial charge in [0.05, 0.1) is 5.60 Å². The molecule has 1 heterocycles. The van der Waals surface area contributed by atoms with Gasteiger partial charge in [-0.1, -0.05) is 5.16 Å². The SMILES string of the molecule is CC1(O)CCC(=C(C#N)c2nc(C3CC3)no2)CC1. The zero-order valence-corrected chi connectivity index (χ0v) is 11.0. The maximum absolute atomic E-state index is 9.95. The highest BCUT2D eigenvalue weighted by Crippen LogP contribution is 2.39. The molecule has 0 unspecified atom stereocenters. The van der Waals surface area contributed by atoms with E-state index in [1.165, 1.54) is 0 Å². The molecule has 0 bridgehead atoms. The molecule has 2 aliphatic rings. The van der Waals surface area contributed by atoms with E-state index in [1.54, 1.807) is 0 Å². The van der Waals surface area contributed by atoms with E-state index in [0.717, 1.165) is 37.1 Å². The molecule has 2 fully saturated rings. The van der Waals surface area contributed by atoms with Gasteiger partial charge in [0, 0.05) is 5.92 Å². The van der Waals surface area contributed by atoms with E-state index in [9.17, 15) is 10.4 Å². The van der Waals surface area contributed by atoms with Gasteiger partial charge in [-0.2, -0.15) is 10.2 Å². The highest BCUT2D eigenvalue weighted by molar-refractivity contribution is 5.74. The van der Waals surface area contributed by atoms with E-state index in [0.29, 0.717) is 30.2 Å². The smallest absolute Gasteiger partial charge is 0.268 e. The largest absolute Gasteiger partial charge is 0.390 e. The Labute approximate surface area is 111 Å². The average Bonchev–Trinajstić information content (AvgIpc) is 3.12. The Kier molecular flexibility index (Phi) is 2.90. The molecule has 1 N–H and O–H groups in total. The average molecular weight is 259 g/mol. The van der Waals surface area contributed by atoms with Gasteiger partial charge in [-0.3, -0.25) is 0 Å². The predicted molar refractivity (Wildman–Crippen MR) is 67.9 cm³/mol. The summed E-state index contributed by atoms with van der Waals surface area (Å²) in [5.41, 5.74) is 0.924. The van der Waals surface area contributed by atoms with Crippen LogP contribution in [0.2, 0.25) is 0 Å². The minimum atomic E-state index is -0.613. The molecule has 1 aromatic heterocycles. The van der Waals surface area contributed by atoms with Crippen LogP contribution in [0.15, 0.2) is 10.1 Å². The first-order chi connectivity index (χ1) is 9.09. The van der Waals surface area contributed by atoms with Crippen molar-refractivity contribution in [1.82, 2.24) is 10.1 Å². The van der Waals surface area contributed by atoms with Crippen molar-refractivity contribution in [3.63, 3.8) is 0 Å². The van der Waals surface area contributed by atoms with Gasteiger partial charge in [-0.15, -0.1) is 0 Å². The second-order valence-corrected chi connectivity index (χ2v) is 5.82. The van der Waals surface area contributed by atoms with Crippen molar-refractivity contribution in [2.24, 2.45) is 0 Å². The van der Waals surface area contributed by atoms with Gasteiger partial charge in [0.25, 0.3) is 5.89 Å². The third kappa shape index (κ3) is 2.54. The summed E-state index contributed by atoms with van der Waals surface area (Å²) >= 11 is 0. The van der Waals surface area contributed by atoms with Crippen molar-refractivity contribution < 1.29 is 9.63 Å². The Bertz CT molecular complexity index is 549. The maximum atomic E-state index is 9.95. The highest BCUT2D eigenvalue weighted by Gasteiger charge is 2.31. The molecule has 0 aromatic carbocycles. The van der Waals surface area contributed by atoms with Crippen LogP contribution in [0.3, 0.4) is 0 Å². The quantitative estimate of drug-likeness (QED) is 0.825. The van der Waals surface area contributed by atoms with Gasteiger partial charge in [0.15, 0.2) is 5.82 Å². The van der Waals surface area contributed by atoms with Gasteiger partial charge in [0.1, 0.15) is 11.6 Å². The fourth-order valence-electron chi connectivity index (χ4n) is 2.46. The summed E-state index contributed by atoms with van der Waals surface area (Å²) in [5, 5.41) is 23.2. The van der Waals surface area contributed by atoms with Crippen molar-refractivity contribution >= 4 is 5.57 Å². The lowest BCUT2D eigenvalue weighted by Gasteiger charge is -2.29. The number of hydrogen-bond donors (Lipinski definition) is 1. The van der Waals surface area contributed by atoms with Crippen LogP contribution in [-0.2, 0) is 0 Å². The summed E-state index contributed by atoms with van der Waals surface area (Å²) in [6.45, 7) is 1.84. The fourth-order valence-corrected chi connectivity index (χ4v) is 2.46. The number of aromatic nitrogens is 2. The van der Waals surface area contributed by atoms with Crippen LogP contribution in [0.5, 0.6) is 0 Å². The second-order valence-electron chi connectivity index (χ2n) is 5.82. The molecule has 0 amide bonds. The van der Waals surface area contributed by atoms with Gasteiger partial charge < -0.3 is 9.63 Å². The minimum Gasteiger partial charge on any atom is -0.390 e. The number of nitriles is 1. The molecule has 19 heavy (non-hydrogen) atoms. The molecule has 0 aliphatic heterocycles. The summed E-state index contributed by atoms with van der Waals surface area (Å²) in [4.78, 5) is 4.33. The number of hydrogen-bond acceptors (Lipinski definition) is 5. The van der Waals surface area contributed by atoms with E-state index >= 15 is 0 Å². The van der Waals surface area contributed by atoms with Gasteiger partial charge in [-0.25, -0.2) is 0 Å². The van der Waals surface area contributed by atoms with Crippen LogP contribution in [0.25, 0.3) is 5.57 Å². The van der Waals surface area contributed by atoms with Gasteiger partial charge in [-0.05, 0) is 51.0 Å². The second kappa shape index (κ2) is 4.46. The van der Waals surface area contributed by atoms with Crippen molar-refractivity contribution in [3.05, 3.63) is 17.3 Å². The number of nitrogens with zero attached hydrogens (tertiary/aromatic N) is 3. The third-order valence-corrected chi connectivity index (χ3v) is 3.99. The van der Waals surface area contributed by atoms with E-state index in [1.807, 2.05) is 6.92 Å². The van der Waals surface area contributed by atoms with E-state index in [-0.39, 0.29) is 0 Å². The number of aliphatic hydroxyl groups is 1. The van der Waals surface area contributed by atoms with E-state index in [2.05, 4.69) is 16.2 Å². The molecule has 3 rings (SSSR count). The Morgan fingerprint density at radius 2 is 2.11 bits per heavy atom. The zero-order valence-electron chi connectivity index (χ0n) is 11.0. The summed E-state index contributed by atoms with van der Waals surface area (Å²) < 4.78 is 5.22. The Balaban J connectivity index is 1.85. The standard InChI is InChI=1S/C14H17N3O2/c1-14(18)6-4-9(5-7-14)11(8-15)13-16-12(17-19-13)10-2-3-10/h10,18H,2-7H2,1H3. The van der Waals surface area contributed by atoms with Crippen molar-refractivity contribution in [1.29, 1.82) is 5.26 Å². The predicted octanol–water partition coefficient (Wildman–Crippen LogP) is 2.55. The molecule has 0 radical (unpaired) electrons. The van der Waals surface area contributed by atoms with Crippen LogP contribution in [0, 0.1) is 11.3 Å². The molecule has 5 heteroatoms.